The molecule has 9 heteroatoms. The molecule has 0 unspecified atom stereocenters. The Morgan fingerprint density at radius 2 is 2.44 bits per heavy atom. The van der Waals surface area contributed by atoms with Crippen molar-refractivity contribution >= 4 is 28.7 Å². The minimum absolute atomic E-state index is 0.000563. The zero-order valence-electron chi connectivity index (χ0n) is 9.15. The van der Waals surface area contributed by atoms with Crippen LogP contribution in [0.2, 0.25) is 0 Å². The Balaban J connectivity index is 2.03. The number of anilines is 1. The van der Waals surface area contributed by atoms with Gasteiger partial charge in [-0.25, -0.2) is 4.98 Å². The molecule has 96 valence electrons. The minimum Gasteiger partial charge on any atom is -0.393 e. The topological polar surface area (TPSA) is 99.1 Å². The molecule has 1 aliphatic heterocycles. The molecule has 3 N–H and O–H groups in total. The van der Waals surface area contributed by atoms with E-state index in [1.165, 1.54) is 18.1 Å². The smallest absolute Gasteiger partial charge is 0.312 e. The van der Waals surface area contributed by atoms with Gasteiger partial charge >= 0.3 is 6.08 Å². The predicted molar refractivity (Wildman–Crippen MR) is 63.1 cm³/mol. The fourth-order valence-electron chi connectivity index (χ4n) is 1.81. The summed E-state index contributed by atoms with van der Waals surface area (Å²) < 4.78 is 20.3. The largest absolute Gasteiger partial charge is 0.393 e. The predicted octanol–water partition coefficient (Wildman–Crippen LogP) is 0.128. The SMILES string of the molecule is Nc1nc(F)nc2c1ncn2[C@@H]1CS[C@H](CO)O1. The summed E-state index contributed by atoms with van der Waals surface area (Å²) >= 11 is 1.48. The standard InChI is InChI=1S/C9H10FN5O2S/c10-9-13-7(11)6-8(14-9)15(3-12-6)4-2-18-5(1-16)17-4/h3-5,16H,1-2H2,(H2,11,13,14)/t4-,5+/m0/s1. The van der Waals surface area contributed by atoms with Gasteiger partial charge in [0.05, 0.1) is 12.9 Å². The third kappa shape index (κ3) is 1.80. The summed E-state index contributed by atoms with van der Waals surface area (Å²) in [5.41, 5.74) is 5.93. The molecule has 0 amide bonds. The van der Waals surface area contributed by atoms with Gasteiger partial charge in [-0.3, -0.25) is 4.57 Å². The number of aromatic nitrogens is 4. The van der Waals surface area contributed by atoms with Crippen LogP contribution in [0.15, 0.2) is 6.33 Å². The number of aliphatic hydroxyl groups excluding tert-OH is 1. The van der Waals surface area contributed by atoms with Gasteiger partial charge in [-0.2, -0.15) is 14.4 Å². The minimum atomic E-state index is -0.897. The van der Waals surface area contributed by atoms with E-state index in [1.807, 2.05) is 0 Å². The summed E-state index contributed by atoms with van der Waals surface area (Å²) in [5, 5.41) is 9.01. The van der Waals surface area contributed by atoms with Gasteiger partial charge < -0.3 is 15.6 Å². The van der Waals surface area contributed by atoms with Gasteiger partial charge in [-0.05, 0) is 0 Å². The van der Waals surface area contributed by atoms with E-state index in [2.05, 4.69) is 15.0 Å². The van der Waals surface area contributed by atoms with E-state index in [4.69, 9.17) is 15.6 Å². The highest BCUT2D eigenvalue weighted by molar-refractivity contribution is 8.00. The molecule has 2 atom stereocenters. The molecule has 0 bridgehead atoms. The quantitative estimate of drug-likeness (QED) is 0.749. The first-order chi connectivity index (χ1) is 8.69. The Morgan fingerprint density at radius 3 is 3.17 bits per heavy atom. The van der Waals surface area contributed by atoms with E-state index < -0.39 is 6.08 Å². The average molecular weight is 271 g/mol. The summed E-state index contributed by atoms with van der Waals surface area (Å²) in [6.45, 7) is -0.0702. The summed E-state index contributed by atoms with van der Waals surface area (Å²) in [6, 6.07) is 0. The number of nitrogens with two attached hydrogens (primary N) is 1. The van der Waals surface area contributed by atoms with Crippen LogP contribution in [-0.2, 0) is 4.74 Å². The monoisotopic (exact) mass is 271 g/mol. The van der Waals surface area contributed by atoms with Crippen molar-refractivity contribution in [2.45, 2.75) is 11.7 Å². The highest BCUT2D eigenvalue weighted by Gasteiger charge is 2.28. The number of thioether (sulfide) groups is 1. The molecule has 2 aromatic heterocycles. The van der Waals surface area contributed by atoms with Gasteiger partial charge in [0.15, 0.2) is 17.0 Å². The molecular weight excluding hydrogens is 261 g/mol. The summed E-state index contributed by atoms with van der Waals surface area (Å²) in [4.78, 5) is 11.1. The highest BCUT2D eigenvalue weighted by Crippen LogP contribution is 2.33. The first-order valence-electron chi connectivity index (χ1n) is 5.22. The molecule has 18 heavy (non-hydrogen) atoms. The van der Waals surface area contributed by atoms with Gasteiger partial charge in [-0.1, -0.05) is 0 Å². The average Bonchev–Trinajstić information content (AvgIpc) is 2.93. The Kier molecular flexibility index (Phi) is 2.80. The zero-order chi connectivity index (χ0) is 12.7. The second-order valence-corrected chi connectivity index (χ2v) is 4.93. The maximum Gasteiger partial charge on any atom is 0.312 e. The lowest BCUT2D eigenvalue weighted by Crippen LogP contribution is -2.14. The van der Waals surface area contributed by atoms with Crippen molar-refractivity contribution in [1.82, 2.24) is 19.5 Å². The Hall–Kier alpha value is -1.45. The third-order valence-electron chi connectivity index (χ3n) is 2.61. The van der Waals surface area contributed by atoms with Crippen LogP contribution in [0.3, 0.4) is 0 Å². The molecule has 3 rings (SSSR count). The van der Waals surface area contributed by atoms with Crippen LogP contribution < -0.4 is 5.73 Å². The van der Waals surface area contributed by atoms with Crippen LogP contribution in [0.4, 0.5) is 10.2 Å². The molecule has 1 fully saturated rings. The Bertz CT molecular complexity index is 592. The van der Waals surface area contributed by atoms with Crippen molar-refractivity contribution in [3.8, 4) is 0 Å². The van der Waals surface area contributed by atoms with E-state index >= 15 is 0 Å². The molecule has 0 spiro atoms. The number of hydrogen-bond donors (Lipinski definition) is 2. The molecule has 3 heterocycles. The van der Waals surface area contributed by atoms with Crippen LogP contribution in [0.1, 0.15) is 6.23 Å². The van der Waals surface area contributed by atoms with Crippen LogP contribution in [-0.4, -0.2) is 42.4 Å². The zero-order valence-corrected chi connectivity index (χ0v) is 9.97. The van der Waals surface area contributed by atoms with Crippen molar-refractivity contribution in [3.63, 3.8) is 0 Å². The normalized spacial score (nSPS) is 23.9. The van der Waals surface area contributed by atoms with Crippen LogP contribution in [0.5, 0.6) is 0 Å². The van der Waals surface area contributed by atoms with Gasteiger partial charge in [-0.15, -0.1) is 11.8 Å². The molecule has 0 radical (unpaired) electrons. The van der Waals surface area contributed by atoms with Crippen LogP contribution in [0, 0.1) is 6.08 Å². The summed E-state index contributed by atoms with van der Waals surface area (Å²) in [7, 11) is 0. The summed E-state index contributed by atoms with van der Waals surface area (Å²) in [6.07, 6.45) is 0.247. The number of ether oxygens (including phenoxy) is 1. The second-order valence-electron chi connectivity index (χ2n) is 3.74. The Labute approximate surface area is 105 Å². The van der Waals surface area contributed by atoms with Crippen molar-refractivity contribution in [2.24, 2.45) is 0 Å². The van der Waals surface area contributed by atoms with E-state index in [0.29, 0.717) is 16.9 Å². The number of hydrogen-bond acceptors (Lipinski definition) is 7. The van der Waals surface area contributed by atoms with Crippen molar-refractivity contribution < 1.29 is 14.2 Å². The number of nitrogens with zero attached hydrogens (tertiary/aromatic N) is 4. The van der Waals surface area contributed by atoms with Gasteiger partial charge in [0, 0.05) is 5.75 Å². The van der Waals surface area contributed by atoms with E-state index in [9.17, 15) is 4.39 Å². The molecule has 0 aliphatic carbocycles. The van der Waals surface area contributed by atoms with Crippen LogP contribution >= 0.6 is 11.8 Å². The van der Waals surface area contributed by atoms with E-state index in [1.54, 1.807) is 4.57 Å². The lowest BCUT2D eigenvalue weighted by Gasteiger charge is -2.12. The second kappa shape index (κ2) is 4.34. The molecule has 0 saturated carbocycles. The number of aliphatic hydroxyl groups is 1. The van der Waals surface area contributed by atoms with E-state index in [-0.39, 0.29) is 24.1 Å². The molecule has 2 aromatic rings. The third-order valence-corrected chi connectivity index (χ3v) is 3.72. The maximum atomic E-state index is 13.2. The number of nitrogen functional groups attached to an aromatic ring is 1. The van der Waals surface area contributed by atoms with Crippen molar-refractivity contribution in [3.05, 3.63) is 12.4 Å². The molecule has 1 saturated heterocycles. The highest BCUT2D eigenvalue weighted by atomic mass is 32.2. The fraction of sp³-hybridized carbons (Fsp3) is 0.444. The molecule has 7 nitrogen and oxygen atoms in total. The lowest BCUT2D eigenvalue weighted by molar-refractivity contribution is -0.00195. The van der Waals surface area contributed by atoms with Gasteiger partial charge in [0.1, 0.15) is 11.7 Å². The lowest BCUT2D eigenvalue weighted by atomic mass is 10.5. The fourth-order valence-corrected chi connectivity index (χ4v) is 2.74. The number of halogens is 1. The molecule has 0 aromatic carbocycles. The first kappa shape index (κ1) is 11.6. The number of fused-ring (bicyclic) bond motifs is 1. The maximum absolute atomic E-state index is 13.2. The van der Waals surface area contributed by atoms with Crippen molar-refractivity contribution in [2.75, 3.05) is 18.1 Å². The first-order valence-corrected chi connectivity index (χ1v) is 6.27. The van der Waals surface area contributed by atoms with E-state index in [0.717, 1.165) is 0 Å². The Morgan fingerprint density at radius 1 is 1.61 bits per heavy atom. The number of rotatable bonds is 2. The van der Waals surface area contributed by atoms with Gasteiger partial charge in [0.2, 0.25) is 0 Å². The van der Waals surface area contributed by atoms with Gasteiger partial charge in [0.25, 0.3) is 0 Å². The molecular formula is C9H10FN5O2S. The number of imidazole rings is 1. The summed E-state index contributed by atoms with van der Waals surface area (Å²) in [5.74, 6) is 0.628. The van der Waals surface area contributed by atoms with Crippen molar-refractivity contribution in [1.29, 1.82) is 0 Å². The molecule has 1 aliphatic rings. The van der Waals surface area contributed by atoms with Crippen LogP contribution in [0.25, 0.3) is 11.2 Å².